The van der Waals surface area contributed by atoms with E-state index < -0.39 is 31.4 Å². The number of alkyl halides is 1. The number of anilines is 1. The minimum Gasteiger partial charge on any atom is -0.461 e. The molecule has 4 aliphatic heterocycles. The molecule has 6 nitrogen and oxygen atoms in total. The molecule has 0 spiro atoms. The molecular formula is C47H58F3N5OSi. The second kappa shape index (κ2) is 14.3. The molecular weight excluding hydrogens is 736 g/mol. The van der Waals surface area contributed by atoms with Crippen molar-refractivity contribution in [3.8, 4) is 28.7 Å². The fraction of sp³-hybridized carbons (Fsp3) is 0.596. The van der Waals surface area contributed by atoms with Gasteiger partial charge in [0.25, 0.3) is 0 Å². The van der Waals surface area contributed by atoms with E-state index in [1.165, 1.54) is 25.3 Å². The number of nitrogens with zero attached hydrogens (tertiary/aromatic N) is 5. The number of rotatable bonds is 7. The summed E-state index contributed by atoms with van der Waals surface area (Å²) in [6.45, 7) is 20.4. The number of benzene rings is 2. The molecule has 4 fully saturated rings. The highest BCUT2D eigenvalue weighted by Gasteiger charge is 2.51. The van der Waals surface area contributed by atoms with Gasteiger partial charge in [-0.1, -0.05) is 85.6 Å². The minimum absolute atomic E-state index is 0.0280. The van der Waals surface area contributed by atoms with Gasteiger partial charge in [0, 0.05) is 42.4 Å². The summed E-state index contributed by atoms with van der Waals surface area (Å²) in [6, 6.07) is 9.26. The molecule has 2 aromatic carbocycles. The Balaban J connectivity index is 1.26. The zero-order valence-corrected chi connectivity index (χ0v) is 35.9. The van der Waals surface area contributed by atoms with Gasteiger partial charge in [-0.15, -0.1) is 5.54 Å². The molecule has 4 aromatic rings. The van der Waals surface area contributed by atoms with Crippen molar-refractivity contribution in [1.29, 1.82) is 0 Å². The summed E-state index contributed by atoms with van der Waals surface area (Å²) >= 11 is 0. The summed E-state index contributed by atoms with van der Waals surface area (Å²) in [5.41, 5.74) is 6.31. The predicted molar refractivity (Wildman–Crippen MR) is 226 cm³/mol. The van der Waals surface area contributed by atoms with Crippen molar-refractivity contribution in [2.45, 2.75) is 134 Å². The van der Waals surface area contributed by atoms with Gasteiger partial charge in [0.05, 0.1) is 22.2 Å². The van der Waals surface area contributed by atoms with Crippen molar-refractivity contribution in [3.63, 3.8) is 0 Å². The molecule has 7 atom stereocenters. The normalized spacial score (nSPS) is 28.4. The van der Waals surface area contributed by atoms with Crippen molar-refractivity contribution in [2.75, 3.05) is 31.1 Å². The molecule has 0 radical (unpaired) electrons. The summed E-state index contributed by atoms with van der Waals surface area (Å²) in [4.78, 5) is 20.0. The highest BCUT2D eigenvalue weighted by molar-refractivity contribution is 6.90. The second-order valence-electron chi connectivity index (χ2n) is 19.3. The fourth-order valence-corrected chi connectivity index (χ4v) is 17.8. The minimum atomic E-state index is -2.24. The van der Waals surface area contributed by atoms with E-state index in [9.17, 15) is 4.39 Å². The van der Waals surface area contributed by atoms with Crippen LogP contribution in [0, 0.1) is 40.9 Å². The van der Waals surface area contributed by atoms with Crippen LogP contribution in [0.2, 0.25) is 16.6 Å². The monoisotopic (exact) mass is 793 g/mol. The highest BCUT2D eigenvalue weighted by atomic mass is 28.3. The molecule has 10 heteroatoms. The van der Waals surface area contributed by atoms with E-state index in [1.807, 2.05) is 18.2 Å². The van der Waals surface area contributed by atoms with E-state index in [1.54, 1.807) is 6.07 Å². The zero-order chi connectivity index (χ0) is 40.1. The smallest absolute Gasteiger partial charge is 0.319 e. The van der Waals surface area contributed by atoms with Crippen molar-refractivity contribution < 1.29 is 17.9 Å². The van der Waals surface area contributed by atoms with Crippen molar-refractivity contribution >= 4 is 35.6 Å². The maximum atomic E-state index is 17.9. The molecule has 0 amide bonds. The van der Waals surface area contributed by atoms with E-state index in [0.29, 0.717) is 69.1 Å². The van der Waals surface area contributed by atoms with Gasteiger partial charge < -0.3 is 9.64 Å². The van der Waals surface area contributed by atoms with E-state index in [2.05, 4.69) is 76.7 Å². The molecule has 2 aromatic heterocycles. The Kier molecular flexibility index (Phi) is 9.71. The molecule has 0 unspecified atom stereocenters. The number of piperidine rings is 1. The average molecular weight is 794 g/mol. The molecule has 1 saturated carbocycles. The van der Waals surface area contributed by atoms with Gasteiger partial charge in [0.15, 0.2) is 5.82 Å². The first-order valence-corrected chi connectivity index (χ1v) is 23.9. The Morgan fingerprint density at radius 1 is 0.947 bits per heavy atom. The van der Waals surface area contributed by atoms with Crippen LogP contribution in [-0.4, -0.2) is 71.9 Å². The lowest BCUT2D eigenvalue weighted by molar-refractivity contribution is 0.107. The zero-order valence-electron chi connectivity index (χ0n) is 34.9. The summed E-state index contributed by atoms with van der Waals surface area (Å²) in [7, 11) is -2.24. The number of aromatic nitrogens is 3. The van der Waals surface area contributed by atoms with Crippen LogP contribution in [0.15, 0.2) is 30.3 Å². The van der Waals surface area contributed by atoms with Gasteiger partial charge in [-0.2, -0.15) is 9.97 Å². The van der Waals surface area contributed by atoms with Crippen LogP contribution in [-0.2, 0) is 0 Å². The Hall–Kier alpha value is -3.68. The second-order valence-corrected chi connectivity index (χ2v) is 24.9. The van der Waals surface area contributed by atoms with Crippen LogP contribution in [0.4, 0.5) is 19.0 Å². The molecule has 302 valence electrons. The highest BCUT2D eigenvalue weighted by Crippen LogP contribution is 2.52. The molecule has 57 heavy (non-hydrogen) atoms. The molecule has 2 bridgehead atoms. The molecule has 1 aliphatic carbocycles. The van der Waals surface area contributed by atoms with Crippen LogP contribution < -0.4 is 9.64 Å². The van der Waals surface area contributed by atoms with E-state index in [4.69, 9.17) is 19.7 Å². The number of pyridine rings is 1. The Morgan fingerprint density at radius 2 is 1.72 bits per heavy atom. The third kappa shape index (κ3) is 6.02. The first-order valence-electron chi connectivity index (χ1n) is 21.7. The van der Waals surface area contributed by atoms with E-state index >= 15 is 8.78 Å². The van der Waals surface area contributed by atoms with Gasteiger partial charge in [0.2, 0.25) is 0 Å². The Morgan fingerprint density at radius 3 is 2.47 bits per heavy atom. The van der Waals surface area contributed by atoms with Crippen molar-refractivity contribution in [3.05, 3.63) is 53.2 Å². The van der Waals surface area contributed by atoms with Gasteiger partial charge >= 0.3 is 6.01 Å². The lowest BCUT2D eigenvalue weighted by atomic mass is 9.77. The maximum absolute atomic E-state index is 17.9. The van der Waals surface area contributed by atoms with Crippen LogP contribution in [0.1, 0.15) is 111 Å². The number of hydrogen-bond acceptors (Lipinski definition) is 6. The summed E-state index contributed by atoms with van der Waals surface area (Å²) in [5, 5.41) is 1.99. The molecule has 3 saturated heterocycles. The number of ether oxygens (including phenoxy) is 1. The van der Waals surface area contributed by atoms with E-state index in [0.717, 1.165) is 37.0 Å². The van der Waals surface area contributed by atoms with Crippen LogP contribution in [0.25, 0.3) is 32.9 Å². The van der Waals surface area contributed by atoms with Crippen molar-refractivity contribution in [2.24, 2.45) is 17.8 Å². The largest absolute Gasteiger partial charge is 0.461 e. The lowest BCUT2D eigenvalue weighted by Gasteiger charge is -2.44. The summed E-state index contributed by atoms with van der Waals surface area (Å²) < 4.78 is 55.4. The topological polar surface area (TPSA) is 54.4 Å². The third-order valence-electron chi connectivity index (χ3n) is 15.4. The lowest BCUT2D eigenvalue weighted by Crippen LogP contribution is -2.50. The number of halogens is 3. The van der Waals surface area contributed by atoms with Gasteiger partial charge in [0.1, 0.15) is 43.7 Å². The van der Waals surface area contributed by atoms with Crippen molar-refractivity contribution in [1.82, 2.24) is 19.9 Å². The van der Waals surface area contributed by atoms with Gasteiger partial charge in [-0.25, -0.2) is 18.2 Å². The number of fused-ring (bicyclic) bond motifs is 7. The maximum Gasteiger partial charge on any atom is 0.319 e. The first kappa shape index (κ1) is 38.8. The molecule has 6 heterocycles. The van der Waals surface area contributed by atoms with Gasteiger partial charge in [-0.05, 0) is 84.5 Å². The first-order chi connectivity index (χ1) is 27.2. The molecule has 9 rings (SSSR count). The van der Waals surface area contributed by atoms with E-state index in [-0.39, 0.29) is 41.7 Å². The number of hydrogen-bond donors (Lipinski definition) is 0. The van der Waals surface area contributed by atoms with Crippen LogP contribution in [0.3, 0.4) is 0 Å². The average Bonchev–Trinajstić information content (AvgIpc) is 3.83. The quantitative estimate of drug-likeness (QED) is 0.137. The Labute approximate surface area is 337 Å². The van der Waals surface area contributed by atoms with Crippen LogP contribution in [0.5, 0.6) is 6.01 Å². The SMILES string of the molecule is CC(C)[Si](C#Cc1c(F)ccc2cccc(-c3nc4c5c(nc(OC[C@@]67CCCN6C[C@H](F)C7)nc5c3F)N3C[C@H]5CC[C@H](C5)[C@@H]3[C@@H](C)[C@H]4C)c12)(C(C)C)C(C)C. The molecule has 5 aliphatic rings. The summed E-state index contributed by atoms with van der Waals surface area (Å²) in [5.74, 6) is 4.37. The van der Waals surface area contributed by atoms with Crippen LogP contribution >= 0.6 is 0 Å². The summed E-state index contributed by atoms with van der Waals surface area (Å²) in [6.07, 6.45) is 4.94. The van der Waals surface area contributed by atoms with Gasteiger partial charge in [-0.3, -0.25) is 4.90 Å². The molecule has 0 N–H and O–H groups in total. The third-order valence-corrected chi connectivity index (χ3v) is 21.7. The fourth-order valence-electron chi connectivity index (χ4n) is 12.6. The standard InChI is InChI=1S/C47H58F3N5OSi/c1-26(2)57(27(3)4,28(5)6)20-17-35-37(49)16-15-32-11-9-12-36(38(32)35)42-40(50)43-39-41(51-42)29(7)30(8)44-33-14-13-31(21-33)23-55(44)45(39)53-46(52-43)56-25-47-18-10-19-54(47)24-34(48)22-47/h9,11-12,15-16,26-31,33-34,44H,10,13-14,18-19,21-25H2,1-8H3/t29-,30+,31+,33-,34-,44+,47+/m1/s1. The Bertz CT molecular complexity index is 2280. The predicted octanol–water partition coefficient (Wildman–Crippen LogP) is 11.0.